The summed E-state index contributed by atoms with van der Waals surface area (Å²) in [5.74, 6) is 1.31. The lowest BCUT2D eigenvalue weighted by Gasteiger charge is -2.24. The molecule has 0 amide bonds. The highest BCUT2D eigenvalue weighted by molar-refractivity contribution is 6.70. The zero-order chi connectivity index (χ0) is 12.1. The fourth-order valence-corrected chi connectivity index (χ4v) is 1.69. The van der Waals surface area contributed by atoms with Gasteiger partial charge in [-0.05, 0) is 38.9 Å². The maximum absolute atomic E-state index is 5.94. The van der Waals surface area contributed by atoms with Crippen molar-refractivity contribution in [2.45, 2.75) is 53.8 Å². The normalized spacial score (nSPS) is 13.9. The lowest BCUT2D eigenvalue weighted by atomic mass is 10.2. The smallest absolute Gasteiger partial charge is 0.264 e. The molecule has 0 bridgehead atoms. The van der Waals surface area contributed by atoms with Crippen molar-refractivity contribution in [2.24, 2.45) is 5.92 Å². The number of hydrogen-bond acceptors (Lipinski definition) is 2. The SMILES string of the molecule is CCC(C)=C(OCC(C)C)O[Si](C)(C)C. The van der Waals surface area contributed by atoms with Gasteiger partial charge in [0.15, 0.2) is 0 Å². The predicted molar refractivity (Wildman–Crippen MR) is 68.2 cm³/mol. The van der Waals surface area contributed by atoms with E-state index >= 15 is 0 Å². The molecule has 0 aliphatic rings. The van der Waals surface area contributed by atoms with Crippen molar-refractivity contribution in [3.8, 4) is 0 Å². The Labute approximate surface area is 95.8 Å². The molecule has 0 spiro atoms. The van der Waals surface area contributed by atoms with E-state index in [0.29, 0.717) is 5.92 Å². The Morgan fingerprint density at radius 3 is 2.07 bits per heavy atom. The summed E-state index contributed by atoms with van der Waals surface area (Å²) in [6.07, 6.45) is 0.984. The Hall–Kier alpha value is -0.443. The molecule has 0 heterocycles. The van der Waals surface area contributed by atoms with E-state index in [1.54, 1.807) is 0 Å². The highest BCUT2D eigenvalue weighted by atomic mass is 28.4. The molecule has 0 unspecified atom stereocenters. The van der Waals surface area contributed by atoms with Crippen LogP contribution in [0.3, 0.4) is 0 Å². The van der Waals surface area contributed by atoms with E-state index in [1.807, 2.05) is 0 Å². The van der Waals surface area contributed by atoms with Crippen LogP contribution in [-0.4, -0.2) is 14.9 Å². The maximum Gasteiger partial charge on any atom is 0.264 e. The molecule has 0 aromatic heterocycles. The van der Waals surface area contributed by atoms with Crippen LogP contribution in [0.15, 0.2) is 11.5 Å². The summed E-state index contributed by atoms with van der Waals surface area (Å²) >= 11 is 0. The summed E-state index contributed by atoms with van der Waals surface area (Å²) in [7, 11) is -1.55. The van der Waals surface area contributed by atoms with Crippen LogP contribution in [0.25, 0.3) is 0 Å². The largest absolute Gasteiger partial charge is 0.520 e. The van der Waals surface area contributed by atoms with Crippen molar-refractivity contribution in [1.29, 1.82) is 0 Å². The van der Waals surface area contributed by atoms with Crippen LogP contribution < -0.4 is 0 Å². The minimum atomic E-state index is -1.55. The van der Waals surface area contributed by atoms with Crippen LogP contribution in [0.4, 0.5) is 0 Å². The molecule has 0 fully saturated rings. The third kappa shape index (κ3) is 7.48. The van der Waals surface area contributed by atoms with Crippen molar-refractivity contribution in [3.05, 3.63) is 11.5 Å². The highest BCUT2D eigenvalue weighted by Gasteiger charge is 2.20. The third-order valence-electron chi connectivity index (χ3n) is 1.83. The minimum Gasteiger partial charge on any atom is -0.520 e. The van der Waals surface area contributed by atoms with Gasteiger partial charge >= 0.3 is 0 Å². The molecule has 0 saturated carbocycles. The molecule has 0 aliphatic heterocycles. The van der Waals surface area contributed by atoms with E-state index in [1.165, 1.54) is 5.57 Å². The first-order chi connectivity index (χ1) is 6.76. The number of ether oxygens (including phenoxy) is 1. The zero-order valence-corrected chi connectivity index (χ0v) is 12.3. The monoisotopic (exact) mass is 230 g/mol. The molecule has 0 saturated heterocycles. The Balaban J connectivity index is 4.47. The highest BCUT2D eigenvalue weighted by Crippen LogP contribution is 2.18. The van der Waals surface area contributed by atoms with E-state index in [0.717, 1.165) is 19.0 Å². The Bertz CT molecular complexity index is 214. The van der Waals surface area contributed by atoms with Crippen LogP contribution in [0, 0.1) is 5.92 Å². The molecule has 0 aliphatic carbocycles. The molecule has 0 rings (SSSR count). The number of allylic oxidation sites excluding steroid dienone is 1. The summed E-state index contributed by atoms with van der Waals surface area (Å²) in [5.41, 5.74) is 1.21. The van der Waals surface area contributed by atoms with Crippen LogP contribution in [0.1, 0.15) is 34.1 Å². The quantitative estimate of drug-likeness (QED) is 0.504. The molecule has 0 aromatic rings. The van der Waals surface area contributed by atoms with Gasteiger partial charge in [0.25, 0.3) is 5.95 Å². The lowest BCUT2D eigenvalue weighted by Crippen LogP contribution is -2.26. The second-order valence-electron chi connectivity index (χ2n) is 5.34. The van der Waals surface area contributed by atoms with Crippen molar-refractivity contribution in [3.63, 3.8) is 0 Å². The molecule has 0 radical (unpaired) electrons. The molecule has 0 atom stereocenters. The second kappa shape index (κ2) is 6.21. The van der Waals surface area contributed by atoms with E-state index in [-0.39, 0.29) is 0 Å². The minimum absolute atomic E-state index is 0.537. The molecule has 0 N–H and O–H groups in total. The van der Waals surface area contributed by atoms with Gasteiger partial charge in [0, 0.05) is 5.57 Å². The molecule has 15 heavy (non-hydrogen) atoms. The zero-order valence-electron chi connectivity index (χ0n) is 11.3. The Morgan fingerprint density at radius 2 is 1.73 bits per heavy atom. The molecular weight excluding hydrogens is 204 g/mol. The van der Waals surface area contributed by atoms with E-state index in [4.69, 9.17) is 9.16 Å². The lowest BCUT2D eigenvalue weighted by molar-refractivity contribution is 0.0806. The van der Waals surface area contributed by atoms with Gasteiger partial charge < -0.3 is 9.16 Å². The fourth-order valence-electron chi connectivity index (χ4n) is 0.905. The van der Waals surface area contributed by atoms with Crippen molar-refractivity contribution in [1.82, 2.24) is 0 Å². The van der Waals surface area contributed by atoms with Crippen LogP contribution in [0.5, 0.6) is 0 Å². The van der Waals surface area contributed by atoms with Gasteiger partial charge in [0.1, 0.15) is 0 Å². The van der Waals surface area contributed by atoms with Crippen LogP contribution >= 0.6 is 0 Å². The second-order valence-corrected chi connectivity index (χ2v) is 9.77. The average molecular weight is 230 g/mol. The first kappa shape index (κ1) is 14.6. The molecular formula is C12H26O2Si. The first-order valence-corrected chi connectivity index (χ1v) is 9.18. The third-order valence-corrected chi connectivity index (χ3v) is 2.62. The van der Waals surface area contributed by atoms with Crippen molar-refractivity contribution >= 4 is 8.32 Å². The topological polar surface area (TPSA) is 18.5 Å². The maximum atomic E-state index is 5.94. The summed E-state index contributed by atoms with van der Waals surface area (Å²) < 4.78 is 11.7. The van der Waals surface area contributed by atoms with Gasteiger partial charge in [-0.1, -0.05) is 20.8 Å². The Kier molecular flexibility index (Phi) is 6.02. The number of hydrogen-bond donors (Lipinski definition) is 0. The van der Waals surface area contributed by atoms with E-state index < -0.39 is 8.32 Å². The summed E-state index contributed by atoms with van der Waals surface area (Å²) in [6, 6.07) is 0. The van der Waals surface area contributed by atoms with E-state index in [2.05, 4.69) is 47.3 Å². The molecule has 90 valence electrons. The van der Waals surface area contributed by atoms with Gasteiger partial charge in [0.2, 0.25) is 8.32 Å². The predicted octanol–water partition coefficient (Wildman–Crippen LogP) is 4.15. The number of rotatable bonds is 6. The average Bonchev–Trinajstić information content (AvgIpc) is 2.08. The molecule has 3 heteroatoms. The van der Waals surface area contributed by atoms with Gasteiger partial charge in [-0.2, -0.15) is 0 Å². The van der Waals surface area contributed by atoms with Gasteiger partial charge in [-0.15, -0.1) is 0 Å². The first-order valence-electron chi connectivity index (χ1n) is 5.77. The van der Waals surface area contributed by atoms with Gasteiger partial charge in [-0.3, -0.25) is 0 Å². The summed E-state index contributed by atoms with van der Waals surface area (Å²) in [4.78, 5) is 0. The summed E-state index contributed by atoms with van der Waals surface area (Å²) in [6.45, 7) is 15.8. The fraction of sp³-hybridized carbons (Fsp3) is 0.833. The van der Waals surface area contributed by atoms with E-state index in [9.17, 15) is 0 Å². The van der Waals surface area contributed by atoms with Crippen LogP contribution in [-0.2, 0) is 9.16 Å². The molecule has 0 aromatic carbocycles. The molecule has 2 nitrogen and oxygen atoms in total. The van der Waals surface area contributed by atoms with Crippen molar-refractivity contribution in [2.75, 3.05) is 6.61 Å². The van der Waals surface area contributed by atoms with Crippen molar-refractivity contribution < 1.29 is 9.16 Å². The standard InChI is InChI=1S/C12H26O2Si/c1-8-11(4)12(13-9-10(2)3)14-15(5,6)7/h10H,8-9H2,1-7H3. The summed E-state index contributed by atoms with van der Waals surface area (Å²) in [5, 5.41) is 0. The van der Waals surface area contributed by atoms with Gasteiger partial charge in [-0.25, -0.2) is 0 Å². The van der Waals surface area contributed by atoms with Crippen LogP contribution in [0.2, 0.25) is 19.6 Å². The van der Waals surface area contributed by atoms with Gasteiger partial charge in [0.05, 0.1) is 6.61 Å². The Morgan fingerprint density at radius 1 is 1.20 bits per heavy atom.